The largest absolute Gasteiger partial charge is 0.388 e. The highest BCUT2D eigenvalue weighted by molar-refractivity contribution is 7.14. The molecule has 3 rings (SSSR count). The normalized spacial score (nSPS) is 17.0. The lowest BCUT2D eigenvalue weighted by Crippen LogP contribution is -2.29. The summed E-state index contributed by atoms with van der Waals surface area (Å²) in [5.74, 6) is 1.18. The zero-order valence-corrected chi connectivity index (χ0v) is 17.0. The van der Waals surface area contributed by atoms with Gasteiger partial charge in [-0.3, -0.25) is 4.99 Å². The minimum Gasteiger partial charge on any atom is -0.388 e. The number of nitrogens with two attached hydrogens (primary N) is 1. The summed E-state index contributed by atoms with van der Waals surface area (Å²) in [5, 5.41) is 4.43. The SMILES string of the molecule is C=C(C)C(N=C(C)N)(c1cc(-c2cc(C)cs2)cs1)C1CC1.CC. The van der Waals surface area contributed by atoms with Crippen molar-refractivity contribution in [1.29, 1.82) is 0 Å². The van der Waals surface area contributed by atoms with E-state index in [4.69, 9.17) is 10.7 Å². The second kappa shape index (κ2) is 7.66. The van der Waals surface area contributed by atoms with Gasteiger partial charge in [-0.15, -0.1) is 22.7 Å². The van der Waals surface area contributed by atoms with Gasteiger partial charge in [0.15, 0.2) is 0 Å². The summed E-state index contributed by atoms with van der Waals surface area (Å²) in [6, 6.07) is 4.53. The summed E-state index contributed by atoms with van der Waals surface area (Å²) in [5.41, 5.74) is 9.33. The number of aryl methyl sites for hydroxylation is 1. The predicted octanol–water partition coefficient (Wildman–Crippen LogP) is 6.37. The van der Waals surface area contributed by atoms with Crippen molar-refractivity contribution in [2.24, 2.45) is 16.6 Å². The Labute approximate surface area is 154 Å². The van der Waals surface area contributed by atoms with Gasteiger partial charge < -0.3 is 5.73 Å². The lowest BCUT2D eigenvalue weighted by molar-refractivity contribution is 0.470. The van der Waals surface area contributed by atoms with Crippen molar-refractivity contribution in [3.05, 3.63) is 45.5 Å². The summed E-state index contributed by atoms with van der Waals surface area (Å²) < 4.78 is 0. The topological polar surface area (TPSA) is 38.4 Å². The van der Waals surface area contributed by atoms with Gasteiger partial charge in [0, 0.05) is 15.3 Å². The molecule has 130 valence electrons. The molecule has 0 radical (unpaired) electrons. The Kier molecular flexibility index (Phi) is 6.05. The fourth-order valence-electron chi connectivity index (χ4n) is 3.03. The van der Waals surface area contributed by atoms with Crippen LogP contribution in [0.5, 0.6) is 0 Å². The van der Waals surface area contributed by atoms with Crippen LogP contribution < -0.4 is 5.73 Å². The number of nitrogens with zero attached hydrogens (tertiary/aromatic N) is 1. The van der Waals surface area contributed by atoms with E-state index >= 15 is 0 Å². The van der Waals surface area contributed by atoms with E-state index in [0.717, 1.165) is 5.57 Å². The molecule has 2 heterocycles. The molecule has 0 spiro atoms. The first-order valence-electron chi connectivity index (χ1n) is 8.56. The van der Waals surface area contributed by atoms with E-state index in [1.807, 2.05) is 20.8 Å². The Bertz CT molecular complexity index is 730. The summed E-state index contributed by atoms with van der Waals surface area (Å²) in [7, 11) is 0. The molecule has 2 aromatic heterocycles. The molecule has 2 N–H and O–H groups in total. The van der Waals surface area contributed by atoms with Gasteiger partial charge in [0.2, 0.25) is 0 Å². The van der Waals surface area contributed by atoms with Crippen molar-refractivity contribution in [2.45, 2.75) is 53.0 Å². The van der Waals surface area contributed by atoms with Crippen molar-refractivity contribution < 1.29 is 0 Å². The summed E-state index contributed by atoms with van der Waals surface area (Å²) in [6.07, 6.45) is 2.41. The lowest BCUT2D eigenvalue weighted by atomic mass is 9.85. The minimum absolute atomic E-state index is 0.325. The average Bonchev–Trinajstić information content (AvgIpc) is 3.11. The monoisotopic (exact) mass is 360 g/mol. The van der Waals surface area contributed by atoms with Crippen LogP contribution in [0.15, 0.2) is 40.0 Å². The van der Waals surface area contributed by atoms with E-state index in [0.29, 0.717) is 11.8 Å². The maximum absolute atomic E-state index is 5.96. The number of rotatable bonds is 5. The fraction of sp³-hybridized carbons (Fsp3) is 0.450. The van der Waals surface area contributed by atoms with Crippen molar-refractivity contribution in [1.82, 2.24) is 0 Å². The number of aliphatic imine (C=N–C) groups is 1. The Balaban J connectivity index is 0.00000100. The summed E-state index contributed by atoms with van der Waals surface area (Å²) >= 11 is 3.58. The third kappa shape index (κ3) is 3.65. The van der Waals surface area contributed by atoms with Gasteiger partial charge in [-0.2, -0.15) is 0 Å². The van der Waals surface area contributed by atoms with Crippen molar-refractivity contribution in [3.8, 4) is 10.4 Å². The Morgan fingerprint density at radius 1 is 1.21 bits per heavy atom. The molecule has 24 heavy (non-hydrogen) atoms. The van der Waals surface area contributed by atoms with E-state index in [9.17, 15) is 0 Å². The van der Waals surface area contributed by atoms with Crippen molar-refractivity contribution in [3.63, 3.8) is 0 Å². The molecule has 0 aromatic carbocycles. The molecular formula is C20H28N2S2. The van der Waals surface area contributed by atoms with E-state index in [1.165, 1.54) is 33.7 Å². The molecule has 1 fully saturated rings. The molecule has 1 saturated carbocycles. The lowest BCUT2D eigenvalue weighted by Gasteiger charge is -2.30. The van der Waals surface area contributed by atoms with Gasteiger partial charge in [0.05, 0.1) is 5.84 Å². The number of hydrogen-bond donors (Lipinski definition) is 1. The minimum atomic E-state index is -0.325. The van der Waals surface area contributed by atoms with Crippen LogP contribution >= 0.6 is 22.7 Å². The van der Waals surface area contributed by atoms with Gasteiger partial charge in [-0.1, -0.05) is 20.4 Å². The molecule has 2 nitrogen and oxygen atoms in total. The highest BCUT2D eigenvalue weighted by atomic mass is 32.1. The first-order chi connectivity index (χ1) is 11.4. The van der Waals surface area contributed by atoms with Crippen LogP contribution in [0.3, 0.4) is 0 Å². The molecule has 2 aromatic rings. The van der Waals surface area contributed by atoms with Crippen molar-refractivity contribution in [2.75, 3.05) is 0 Å². The van der Waals surface area contributed by atoms with E-state index < -0.39 is 0 Å². The Hall–Kier alpha value is -1.39. The zero-order valence-electron chi connectivity index (χ0n) is 15.3. The highest BCUT2D eigenvalue weighted by Gasteiger charge is 2.48. The third-order valence-electron chi connectivity index (χ3n) is 4.16. The molecular weight excluding hydrogens is 332 g/mol. The Morgan fingerprint density at radius 3 is 2.33 bits per heavy atom. The standard InChI is InChI=1S/C18H22N2S2.C2H6/c1-11(2)18(15-5-6-15,20-13(4)19)17-8-14(10-22-17)16-7-12(3)9-21-16;1-2/h7-10,15H,1,5-6H2,2-4H3,(H2,19,20);1-2H3. The van der Waals surface area contributed by atoms with E-state index in [-0.39, 0.29) is 5.54 Å². The molecule has 0 bridgehead atoms. The molecule has 4 heteroatoms. The van der Waals surface area contributed by atoms with Crippen molar-refractivity contribution >= 4 is 28.5 Å². The van der Waals surface area contributed by atoms with Crippen LogP contribution in [-0.4, -0.2) is 5.84 Å². The predicted molar refractivity (Wildman–Crippen MR) is 110 cm³/mol. The van der Waals surface area contributed by atoms with Gasteiger partial charge in [-0.05, 0) is 73.6 Å². The molecule has 1 atom stereocenters. The zero-order chi connectivity index (χ0) is 17.9. The number of amidine groups is 1. The quantitative estimate of drug-likeness (QED) is 0.375. The highest BCUT2D eigenvalue weighted by Crippen LogP contribution is 2.54. The smallest absolute Gasteiger partial charge is 0.120 e. The van der Waals surface area contributed by atoms with Gasteiger partial charge in [0.25, 0.3) is 0 Å². The fourth-order valence-corrected chi connectivity index (χ4v) is 5.20. The van der Waals surface area contributed by atoms with Crippen LogP contribution in [-0.2, 0) is 5.54 Å². The third-order valence-corrected chi connectivity index (χ3v) is 6.31. The van der Waals surface area contributed by atoms with Gasteiger partial charge >= 0.3 is 0 Å². The second-order valence-corrected chi connectivity index (χ2v) is 8.08. The maximum atomic E-state index is 5.96. The molecule has 0 aliphatic heterocycles. The molecule has 0 saturated heterocycles. The van der Waals surface area contributed by atoms with Gasteiger partial charge in [-0.25, -0.2) is 0 Å². The average molecular weight is 361 g/mol. The summed E-state index contributed by atoms with van der Waals surface area (Å²) in [4.78, 5) is 7.45. The van der Waals surface area contributed by atoms with Crippen LogP contribution in [0, 0.1) is 12.8 Å². The molecule has 1 aliphatic rings. The second-order valence-electron chi connectivity index (χ2n) is 6.26. The van der Waals surface area contributed by atoms with E-state index in [2.05, 4.69) is 43.3 Å². The van der Waals surface area contributed by atoms with Crippen LogP contribution in [0.1, 0.15) is 51.0 Å². The number of hydrogen-bond acceptors (Lipinski definition) is 3. The first kappa shape index (κ1) is 18.9. The molecule has 1 aliphatic carbocycles. The molecule has 0 amide bonds. The van der Waals surface area contributed by atoms with Crippen LogP contribution in [0.2, 0.25) is 0 Å². The van der Waals surface area contributed by atoms with Gasteiger partial charge in [0.1, 0.15) is 5.54 Å². The maximum Gasteiger partial charge on any atom is 0.120 e. The van der Waals surface area contributed by atoms with Crippen LogP contribution in [0.25, 0.3) is 10.4 Å². The van der Waals surface area contributed by atoms with Crippen LogP contribution in [0.4, 0.5) is 0 Å². The molecule has 1 unspecified atom stereocenters. The van der Waals surface area contributed by atoms with E-state index in [1.54, 1.807) is 22.7 Å². The Morgan fingerprint density at radius 2 is 1.88 bits per heavy atom. The summed E-state index contributed by atoms with van der Waals surface area (Å²) in [6.45, 7) is 14.3. The number of thiophene rings is 2. The first-order valence-corrected chi connectivity index (χ1v) is 10.3.